The number of hydrogen-bond acceptors (Lipinski definition) is 7. The minimum atomic E-state index is -0.476. The van der Waals surface area contributed by atoms with Gasteiger partial charge in [-0.25, -0.2) is 4.79 Å². The topological polar surface area (TPSA) is 66.1 Å². The molecule has 0 saturated carbocycles. The Labute approximate surface area is 225 Å². The van der Waals surface area contributed by atoms with Gasteiger partial charge in [0.1, 0.15) is 5.60 Å². The highest BCUT2D eigenvalue weighted by molar-refractivity contribution is 7.99. The van der Waals surface area contributed by atoms with Crippen molar-refractivity contribution in [2.45, 2.75) is 75.3 Å². The number of alkyl carbamates (subject to hydrolysis) is 1. The van der Waals surface area contributed by atoms with Crippen molar-refractivity contribution in [3.05, 3.63) is 35.4 Å². The number of anilines is 4. The molecule has 0 aliphatic carbocycles. The molecule has 0 aromatic heterocycles. The number of fused-ring (bicyclic) bond motifs is 2. The van der Waals surface area contributed by atoms with Gasteiger partial charge in [0, 0.05) is 53.4 Å². The number of amides is 1. The first kappa shape index (κ1) is 26.0. The van der Waals surface area contributed by atoms with Crippen LogP contribution in [0.3, 0.4) is 0 Å². The Morgan fingerprint density at radius 3 is 2.30 bits per heavy atom. The van der Waals surface area contributed by atoms with Crippen LogP contribution in [0.25, 0.3) is 0 Å². The van der Waals surface area contributed by atoms with Crippen molar-refractivity contribution in [2.75, 3.05) is 54.5 Å². The zero-order valence-electron chi connectivity index (χ0n) is 22.8. The summed E-state index contributed by atoms with van der Waals surface area (Å²) in [5, 5.41) is 6.85. The lowest BCUT2D eigenvalue weighted by Gasteiger charge is -2.36. The van der Waals surface area contributed by atoms with Crippen LogP contribution in [0.5, 0.6) is 0 Å². The summed E-state index contributed by atoms with van der Waals surface area (Å²) in [6.45, 7) is 15.4. The van der Waals surface area contributed by atoms with Crippen LogP contribution in [0.1, 0.15) is 51.7 Å². The summed E-state index contributed by atoms with van der Waals surface area (Å²) in [7, 11) is 0. The molecule has 7 nitrogen and oxygen atoms in total. The number of rotatable bonds is 4. The number of nitrogens with zero attached hydrogens (tertiary/aromatic N) is 2. The Morgan fingerprint density at radius 1 is 1.03 bits per heavy atom. The zero-order chi connectivity index (χ0) is 26.2. The third kappa shape index (κ3) is 5.96. The third-order valence-electron chi connectivity index (χ3n) is 7.26. The summed E-state index contributed by atoms with van der Waals surface area (Å²) >= 11 is 1.88. The molecule has 37 heavy (non-hydrogen) atoms. The molecule has 0 bridgehead atoms. The average molecular weight is 525 g/mol. The number of piperidine rings is 1. The molecule has 2 aromatic carbocycles. The fourth-order valence-corrected chi connectivity index (χ4v) is 6.52. The van der Waals surface area contributed by atoms with E-state index >= 15 is 0 Å². The number of ether oxygens (including phenoxy) is 2. The van der Waals surface area contributed by atoms with Crippen LogP contribution in [-0.4, -0.2) is 57.1 Å². The Bertz CT molecular complexity index is 1150. The number of carbonyl (C=O) groups is 1. The van der Waals surface area contributed by atoms with Crippen molar-refractivity contribution in [1.82, 2.24) is 5.32 Å². The minimum absolute atomic E-state index is 0.152. The second-order valence-corrected chi connectivity index (χ2v) is 12.3. The first-order chi connectivity index (χ1) is 17.7. The predicted molar refractivity (Wildman–Crippen MR) is 152 cm³/mol. The van der Waals surface area contributed by atoms with Crippen molar-refractivity contribution in [2.24, 2.45) is 0 Å². The molecule has 5 rings (SSSR count). The molecule has 2 aromatic rings. The third-order valence-corrected chi connectivity index (χ3v) is 8.34. The van der Waals surface area contributed by atoms with Gasteiger partial charge in [0.15, 0.2) is 0 Å². The van der Waals surface area contributed by atoms with E-state index in [1.807, 2.05) is 32.5 Å². The van der Waals surface area contributed by atoms with Crippen molar-refractivity contribution in [3.8, 4) is 0 Å². The van der Waals surface area contributed by atoms with Crippen LogP contribution < -0.4 is 20.4 Å². The van der Waals surface area contributed by atoms with E-state index in [1.54, 1.807) is 0 Å². The van der Waals surface area contributed by atoms with Gasteiger partial charge >= 0.3 is 6.09 Å². The van der Waals surface area contributed by atoms with Gasteiger partial charge in [-0.2, -0.15) is 0 Å². The molecule has 2 fully saturated rings. The van der Waals surface area contributed by atoms with Gasteiger partial charge in [-0.05, 0) is 82.3 Å². The molecule has 0 atom stereocenters. The van der Waals surface area contributed by atoms with E-state index in [2.05, 4.69) is 58.5 Å². The summed E-state index contributed by atoms with van der Waals surface area (Å²) in [6, 6.07) is 9.47. The largest absolute Gasteiger partial charge is 0.444 e. The van der Waals surface area contributed by atoms with E-state index in [0.717, 1.165) is 58.7 Å². The summed E-state index contributed by atoms with van der Waals surface area (Å²) in [5.74, 6) is 0. The number of nitrogens with one attached hydrogen (secondary N) is 2. The first-order valence-corrected chi connectivity index (χ1v) is 14.4. The van der Waals surface area contributed by atoms with Gasteiger partial charge < -0.3 is 29.9 Å². The molecular formula is C29H40N4O3S. The summed E-state index contributed by atoms with van der Waals surface area (Å²) in [5.41, 5.74) is 7.17. The normalized spacial score (nSPS) is 18.1. The van der Waals surface area contributed by atoms with E-state index in [9.17, 15) is 4.79 Å². The van der Waals surface area contributed by atoms with Crippen LogP contribution in [0.4, 0.5) is 27.5 Å². The van der Waals surface area contributed by atoms with Crippen LogP contribution in [-0.2, 0) is 15.9 Å². The molecule has 0 unspecified atom stereocenters. The van der Waals surface area contributed by atoms with Gasteiger partial charge in [0.05, 0.1) is 24.6 Å². The predicted octanol–water partition coefficient (Wildman–Crippen LogP) is 6.10. The lowest BCUT2D eigenvalue weighted by molar-refractivity contribution is 0.0497. The molecular weight excluding hydrogens is 484 g/mol. The minimum Gasteiger partial charge on any atom is -0.444 e. The second kappa shape index (κ2) is 10.7. The number of aryl methyl sites for hydroxylation is 2. The standard InChI is InChI=1S/C29H40N4O3S/c1-6-20-16-23(32-9-7-21(8-10-32)30-28(34)36-29(3,4)5)18-25-27(20)31-26-19(2)15-22(17-24(26)37-25)33-11-13-35-14-12-33/h15-18,21,31H,6-14H2,1-5H3,(H,30,34). The van der Waals surface area contributed by atoms with Gasteiger partial charge in [-0.15, -0.1) is 0 Å². The molecule has 0 radical (unpaired) electrons. The maximum atomic E-state index is 12.2. The average Bonchev–Trinajstić information content (AvgIpc) is 2.87. The maximum absolute atomic E-state index is 12.2. The molecule has 3 aliphatic heterocycles. The van der Waals surface area contributed by atoms with E-state index in [4.69, 9.17) is 9.47 Å². The Balaban J connectivity index is 1.31. The van der Waals surface area contributed by atoms with Crippen molar-refractivity contribution >= 4 is 40.6 Å². The van der Waals surface area contributed by atoms with Gasteiger partial charge in [0.2, 0.25) is 0 Å². The van der Waals surface area contributed by atoms with Crippen LogP contribution in [0, 0.1) is 6.92 Å². The molecule has 1 amide bonds. The highest BCUT2D eigenvalue weighted by atomic mass is 32.2. The number of hydrogen-bond donors (Lipinski definition) is 2. The fourth-order valence-electron chi connectivity index (χ4n) is 5.32. The van der Waals surface area contributed by atoms with E-state index < -0.39 is 5.60 Å². The summed E-state index contributed by atoms with van der Waals surface area (Å²) in [4.78, 5) is 19.7. The van der Waals surface area contributed by atoms with Crippen molar-refractivity contribution in [1.29, 1.82) is 0 Å². The highest BCUT2D eigenvalue weighted by Gasteiger charge is 2.27. The lowest BCUT2D eigenvalue weighted by Crippen LogP contribution is -2.46. The fraction of sp³-hybridized carbons (Fsp3) is 0.552. The number of benzene rings is 2. The Hall–Kier alpha value is -2.58. The summed E-state index contributed by atoms with van der Waals surface area (Å²) < 4.78 is 11.0. The molecule has 8 heteroatoms. The molecule has 0 spiro atoms. The zero-order valence-corrected chi connectivity index (χ0v) is 23.6. The number of morpholine rings is 1. The monoisotopic (exact) mass is 524 g/mol. The molecule has 3 aliphatic rings. The van der Waals surface area contributed by atoms with E-state index in [0.29, 0.717) is 0 Å². The van der Waals surface area contributed by atoms with Gasteiger partial charge in [-0.3, -0.25) is 0 Å². The molecule has 200 valence electrons. The van der Waals surface area contributed by atoms with Crippen LogP contribution >= 0.6 is 11.8 Å². The molecule has 3 heterocycles. The van der Waals surface area contributed by atoms with Crippen LogP contribution in [0.15, 0.2) is 34.1 Å². The Morgan fingerprint density at radius 2 is 1.65 bits per heavy atom. The maximum Gasteiger partial charge on any atom is 0.407 e. The van der Waals surface area contributed by atoms with Gasteiger partial charge in [0.25, 0.3) is 0 Å². The van der Waals surface area contributed by atoms with Crippen LogP contribution in [0.2, 0.25) is 0 Å². The second-order valence-electron chi connectivity index (χ2n) is 11.2. The van der Waals surface area contributed by atoms with Crippen molar-refractivity contribution < 1.29 is 14.3 Å². The number of carbonyl (C=O) groups excluding carboxylic acids is 1. The molecule has 2 N–H and O–H groups in total. The smallest absolute Gasteiger partial charge is 0.407 e. The van der Waals surface area contributed by atoms with E-state index in [-0.39, 0.29) is 12.1 Å². The highest BCUT2D eigenvalue weighted by Crippen LogP contribution is 2.49. The first-order valence-electron chi connectivity index (χ1n) is 13.5. The molecule has 2 saturated heterocycles. The van der Waals surface area contributed by atoms with Gasteiger partial charge in [-0.1, -0.05) is 18.7 Å². The summed E-state index contributed by atoms with van der Waals surface area (Å²) in [6.07, 6.45) is 2.48. The lowest BCUT2D eigenvalue weighted by atomic mass is 10.0. The SMILES string of the molecule is CCc1cc(N2CCC(NC(=O)OC(C)(C)C)CC2)cc2c1Nc1c(C)cc(N3CCOCC3)cc1S2. The quantitative estimate of drug-likeness (QED) is 0.428. The van der Waals surface area contributed by atoms with Crippen molar-refractivity contribution in [3.63, 3.8) is 0 Å². The van der Waals surface area contributed by atoms with E-state index in [1.165, 1.54) is 43.7 Å². The Kier molecular flexibility index (Phi) is 7.50.